The van der Waals surface area contributed by atoms with Crippen molar-refractivity contribution in [3.05, 3.63) is 59.2 Å². The molecule has 3 N–H and O–H groups in total. The van der Waals surface area contributed by atoms with E-state index in [1.807, 2.05) is 0 Å². The molecule has 0 bridgehead atoms. The number of benzene rings is 1. The van der Waals surface area contributed by atoms with Crippen LogP contribution in [0.15, 0.2) is 48.2 Å². The Kier molecular flexibility index (Phi) is 8.38. The summed E-state index contributed by atoms with van der Waals surface area (Å²) in [6, 6.07) is 3.30. The summed E-state index contributed by atoms with van der Waals surface area (Å²) in [7, 11) is 0. The molecular formula is C20H22ClF6N3O2. The molecule has 1 aromatic rings. The molecule has 0 saturated carbocycles. The summed E-state index contributed by atoms with van der Waals surface area (Å²) < 4.78 is 78.9. The van der Waals surface area contributed by atoms with Crippen LogP contribution in [0.3, 0.4) is 0 Å². The van der Waals surface area contributed by atoms with Crippen molar-refractivity contribution in [1.82, 2.24) is 10.9 Å². The van der Waals surface area contributed by atoms with Gasteiger partial charge in [0.25, 0.3) is 5.60 Å². The quantitative estimate of drug-likeness (QED) is 0.198. The number of aliphatic hydroxyl groups excluding tert-OH is 1. The Morgan fingerprint density at radius 2 is 1.94 bits per heavy atom. The molecule has 1 aliphatic rings. The van der Waals surface area contributed by atoms with Gasteiger partial charge in [0.05, 0.1) is 12.1 Å². The molecule has 3 unspecified atom stereocenters. The molecule has 12 heteroatoms. The molecule has 0 saturated heterocycles. The Hall–Kier alpha value is -2.08. The average Bonchev–Trinajstić information content (AvgIpc) is 3.07. The SMILES string of the molecule is C=CCC(/C=C/C1=NOC(c2cc(C)cc(Cl)c2)(C(F)(F)F)C1)NNC(O)CC(F)(F)F. The van der Waals surface area contributed by atoms with Crippen LogP contribution in [0.25, 0.3) is 0 Å². The van der Waals surface area contributed by atoms with Crippen molar-refractivity contribution in [2.45, 2.75) is 56.4 Å². The lowest BCUT2D eigenvalue weighted by molar-refractivity contribution is -0.275. The monoisotopic (exact) mass is 485 g/mol. The lowest BCUT2D eigenvalue weighted by Crippen LogP contribution is -2.47. The highest BCUT2D eigenvalue weighted by atomic mass is 35.5. The normalized spacial score (nSPS) is 21.3. The van der Waals surface area contributed by atoms with Crippen molar-refractivity contribution in [1.29, 1.82) is 0 Å². The van der Waals surface area contributed by atoms with Crippen LogP contribution in [-0.2, 0) is 10.4 Å². The molecule has 0 radical (unpaired) electrons. The van der Waals surface area contributed by atoms with Crippen LogP contribution >= 0.6 is 11.6 Å². The van der Waals surface area contributed by atoms with Crippen LogP contribution in [0, 0.1) is 6.92 Å². The Morgan fingerprint density at radius 3 is 2.50 bits per heavy atom. The lowest BCUT2D eigenvalue weighted by atomic mass is 9.87. The Morgan fingerprint density at radius 1 is 1.25 bits per heavy atom. The van der Waals surface area contributed by atoms with Gasteiger partial charge in [-0.1, -0.05) is 35.0 Å². The summed E-state index contributed by atoms with van der Waals surface area (Å²) in [4.78, 5) is 4.89. The van der Waals surface area contributed by atoms with Crippen molar-refractivity contribution in [3.8, 4) is 0 Å². The summed E-state index contributed by atoms with van der Waals surface area (Å²) in [6.45, 7) is 5.12. The van der Waals surface area contributed by atoms with Gasteiger partial charge in [-0.15, -0.1) is 6.58 Å². The van der Waals surface area contributed by atoms with Crippen molar-refractivity contribution < 1.29 is 36.3 Å². The summed E-state index contributed by atoms with van der Waals surface area (Å²) in [6.07, 6.45) is -9.10. The van der Waals surface area contributed by atoms with Gasteiger partial charge in [-0.25, -0.2) is 10.9 Å². The van der Waals surface area contributed by atoms with Crippen LogP contribution in [0.5, 0.6) is 0 Å². The number of allylic oxidation sites excluding steroid dienone is 1. The second-order valence-electron chi connectivity index (χ2n) is 7.31. The number of hydrazine groups is 1. The zero-order valence-electron chi connectivity index (χ0n) is 16.9. The third-order valence-electron chi connectivity index (χ3n) is 4.52. The fourth-order valence-electron chi connectivity index (χ4n) is 3.05. The van der Waals surface area contributed by atoms with E-state index in [9.17, 15) is 31.4 Å². The molecular weight excluding hydrogens is 464 g/mol. The zero-order chi connectivity index (χ0) is 24.2. The first-order valence-corrected chi connectivity index (χ1v) is 9.78. The number of hydrogen-bond donors (Lipinski definition) is 3. The Balaban J connectivity index is 2.13. The van der Waals surface area contributed by atoms with E-state index in [-0.39, 0.29) is 22.7 Å². The van der Waals surface area contributed by atoms with Crippen molar-refractivity contribution in [2.24, 2.45) is 5.16 Å². The number of aliphatic hydroxyl groups is 1. The van der Waals surface area contributed by atoms with Gasteiger partial charge in [-0.3, -0.25) is 0 Å². The highest BCUT2D eigenvalue weighted by molar-refractivity contribution is 6.30. The minimum absolute atomic E-state index is 0.0355. The number of aryl methyl sites for hydroxylation is 1. The minimum atomic E-state index is -4.80. The molecule has 178 valence electrons. The van der Waals surface area contributed by atoms with E-state index in [4.69, 9.17) is 16.4 Å². The van der Waals surface area contributed by atoms with Crippen LogP contribution < -0.4 is 10.9 Å². The zero-order valence-corrected chi connectivity index (χ0v) is 17.7. The Bertz CT molecular complexity index is 852. The van der Waals surface area contributed by atoms with Crippen molar-refractivity contribution in [2.75, 3.05) is 0 Å². The molecule has 1 aromatic carbocycles. The second-order valence-corrected chi connectivity index (χ2v) is 7.74. The second kappa shape index (κ2) is 10.2. The van der Waals surface area contributed by atoms with E-state index >= 15 is 0 Å². The maximum atomic E-state index is 14.0. The predicted octanol–water partition coefficient (Wildman–Crippen LogP) is 5.05. The van der Waals surface area contributed by atoms with E-state index in [0.717, 1.165) is 6.07 Å². The first-order valence-electron chi connectivity index (χ1n) is 9.40. The topological polar surface area (TPSA) is 65.9 Å². The van der Waals surface area contributed by atoms with Gasteiger partial charge in [0.2, 0.25) is 0 Å². The van der Waals surface area contributed by atoms with Gasteiger partial charge in [-0.2, -0.15) is 26.3 Å². The van der Waals surface area contributed by atoms with Gasteiger partial charge in [0.15, 0.2) is 0 Å². The van der Waals surface area contributed by atoms with Crippen LogP contribution in [-0.4, -0.2) is 35.4 Å². The van der Waals surface area contributed by atoms with E-state index in [2.05, 4.69) is 22.6 Å². The third kappa shape index (κ3) is 6.96. The third-order valence-corrected chi connectivity index (χ3v) is 4.74. The highest BCUT2D eigenvalue weighted by Gasteiger charge is 2.62. The van der Waals surface area contributed by atoms with Crippen LogP contribution in [0.2, 0.25) is 5.02 Å². The van der Waals surface area contributed by atoms with Crippen molar-refractivity contribution in [3.63, 3.8) is 0 Å². The highest BCUT2D eigenvalue weighted by Crippen LogP contribution is 2.48. The molecule has 0 aromatic heterocycles. The number of nitrogens with zero attached hydrogens (tertiary/aromatic N) is 1. The summed E-state index contributed by atoms with van der Waals surface area (Å²) in [5.41, 5.74) is 2.14. The minimum Gasteiger partial charge on any atom is -0.377 e. The largest absolute Gasteiger partial charge is 0.435 e. The maximum Gasteiger partial charge on any atom is 0.435 e. The Labute approximate surface area is 185 Å². The van der Waals surface area contributed by atoms with Crippen molar-refractivity contribution >= 4 is 17.3 Å². The predicted molar refractivity (Wildman–Crippen MR) is 108 cm³/mol. The number of alkyl halides is 6. The average molecular weight is 486 g/mol. The van der Waals surface area contributed by atoms with E-state index in [1.165, 1.54) is 30.4 Å². The summed E-state index contributed by atoms with van der Waals surface area (Å²) in [5.74, 6) is 0. The summed E-state index contributed by atoms with van der Waals surface area (Å²) in [5, 5.41) is 13.1. The smallest absolute Gasteiger partial charge is 0.377 e. The lowest BCUT2D eigenvalue weighted by Gasteiger charge is -2.29. The molecule has 0 fully saturated rings. The van der Waals surface area contributed by atoms with Crippen LogP contribution in [0.1, 0.15) is 30.4 Å². The maximum absolute atomic E-state index is 14.0. The van der Waals surface area contributed by atoms with Gasteiger partial charge in [0, 0.05) is 23.0 Å². The number of nitrogens with one attached hydrogen (secondary N) is 2. The molecule has 32 heavy (non-hydrogen) atoms. The number of oxime groups is 1. The first-order chi connectivity index (χ1) is 14.8. The van der Waals surface area contributed by atoms with Gasteiger partial charge >= 0.3 is 12.4 Å². The van der Waals surface area contributed by atoms with Gasteiger partial charge in [0.1, 0.15) is 6.23 Å². The standard InChI is InChI=1S/C20H22ClF6N3O2/c1-3-4-15(28-29-17(31)11-19(22,23)24)5-6-16-10-18(32-30-16,20(25,26)27)13-7-12(2)8-14(21)9-13/h3,5-9,15,17,28-29,31H,1,4,10-11H2,2H3/b6-5+. The fourth-order valence-corrected chi connectivity index (χ4v) is 3.34. The summed E-state index contributed by atoms with van der Waals surface area (Å²) >= 11 is 5.93. The molecule has 2 rings (SSSR count). The number of halogens is 7. The van der Waals surface area contributed by atoms with E-state index in [0.29, 0.717) is 5.56 Å². The first kappa shape index (κ1) is 26.2. The molecule has 0 spiro atoms. The molecule has 1 heterocycles. The van der Waals surface area contributed by atoms with Gasteiger partial charge in [-0.05, 0) is 37.1 Å². The van der Waals surface area contributed by atoms with E-state index < -0.39 is 43.1 Å². The number of hydrogen-bond acceptors (Lipinski definition) is 5. The van der Waals surface area contributed by atoms with E-state index in [1.54, 1.807) is 6.92 Å². The molecule has 5 nitrogen and oxygen atoms in total. The number of rotatable bonds is 9. The molecule has 0 amide bonds. The molecule has 0 aliphatic carbocycles. The fraction of sp³-hybridized carbons (Fsp3) is 0.450. The van der Waals surface area contributed by atoms with Gasteiger partial charge < -0.3 is 9.94 Å². The molecule has 3 atom stereocenters. The molecule has 1 aliphatic heterocycles. The van der Waals surface area contributed by atoms with Crippen LogP contribution in [0.4, 0.5) is 26.3 Å².